The van der Waals surface area contributed by atoms with E-state index in [2.05, 4.69) is 9.97 Å². The van der Waals surface area contributed by atoms with Crippen molar-refractivity contribution in [2.75, 3.05) is 11.5 Å². The van der Waals surface area contributed by atoms with Gasteiger partial charge in [-0.25, -0.2) is 4.98 Å². The van der Waals surface area contributed by atoms with E-state index in [1.165, 1.54) is 6.20 Å². The van der Waals surface area contributed by atoms with Gasteiger partial charge in [-0.3, -0.25) is 0 Å². The van der Waals surface area contributed by atoms with E-state index >= 15 is 0 Å². The molecule has 1 rings (SSSR count). The molecule has 0 bridgehead atoms. The summed E-state index contributed by atoms with van der Waals surface area (Å²) in [5, 5.41) is 0. The highest BCUT2D eigenvalue weighted by Crippen LogP contribution is 2.05. The third-order valence-corrected chi connectivity index (χ3v) is 1.14. The van der Waals surface area contributed by atoms with Crippen molar-refractivity contribution >= 4 is 24.2 Å². The molecule has 6 heteroatoms. The van der Waals surface area contributed by atoms with Crippen molar-refractivity contribution in [1.82, 2.24) is 9.97 Å². The van der Waals surface area contributed by atoms with Gasteiger partial charge in [-0.15, -0.1) is 12.4 Å². The molecular weight excluding hydrogens is 166 g/mol. The first-order chi connectivity index (χ1) is 4.74. The molecule has 0 aliphatic heterocycles. The van der Waals surface area contributed by atoms with Crippen molar-refractivity contribution < 1.29 is 0 Å². The van der Waals surface area contributed by atoms with Crippen LogP contribution in [0.15, 0.2) is 6.20 Å². The largest absolute Gasteiger partial charge is 0.383 e. The second kappa shape index (κ2) is 3.95. The van der Waals surface area contributed by atoms with E-state index in [4.69, 9.17) is 17.2 Å². The molecule has 0 fully saturated rings. The first kappa shape index (κ1) is 9.93. The van der Waals surface area contributed by atoms with Crippen LogP contribution in [0.1, 0.15) is 5.56 Å². The molecule has 0 amide bonds. The van der Waals surface area contributed by atoms with Crippen molar-refractivity contribution in [2.45, 2.75) is 6.54 Å². The lowest BCUT2D eigenvalue weighted by Crippen LogP contribution is -2.06. The number of hydrogen-bond donors (Lipinski definition) is 3. The van der Waals surface area contributed by atoms with Crippen molar-refractivity contribution in [2.24, 2.45) is 5.73 Å². The first-order valence-electron chi connectivity index (χ1n) is 2.81. The van der Waals surface area contributed by atoms with Crippen LogP contribution in [0.2, 0.25) is 0 Å². The van der Waals surface area contributed by atoms with E-state index in [0.29, 0.717) is 17.9 Å². The summed E-state index contributed by atoms with van der Waals surface area (Å²) in [6.07, 6.45) is 1.53. The standard InChI is InChI=1S/C5H9N5.ClH/c6-1-3-2-9-5(8)10-4(3)7;/h2H,1,6H2,(H4,7,8,9,10);1H. The molecule has 1 aromatic heterocycles. The van der Waals surface area contributed by atoms with Gasteiger partial charge in [-0.1, -0.05) is 0 Å². The number of nitrogen functional groups attached to an aromatic ring is 2. The average molecular weight is 176 g/mol. The Labute approximate surface area is 70.4 Å². The fourth-order valence-electron chi connectivity index (χ4n) is 0.592. The second-order valence-corrected chi connectivity index (χ2v) is 1.84. The lowest BCUT2D eigenvalue weighted by Gasteiger charge is -1.99. The lowest BCUT2D eigenvalue weighted by molar-refractivity contribution is 1.02. The number of aromatic nitrogens is 2. The van der Waals surface area contributed by atoms with Crippen LogP contribution in [0.5, 0.6) is 0 Å². The predicted molar refractivity (Wildman–Crippen MR) is 46.0 cm³/mol. The molecule has 5 nitrogen and oxygen atoms in total. The SMILES string of the molecule is Cl.NCc1cnc(N)nc1N. The van der Waals surface area contributed by atoms with E-state index in [9.17, 15) is 0 Å². The fraction of sp³-hybridized carbons (Fsp3) is 0.200. The summed E-state index contributed by atoms with van der Waals surface area (Å²) in [7, 11) is 0. The smallest absolute Gasteiger partial charge is 0.221 e. The maximum atomic E-state index is 5.42. The Morgan fingerprint density at radius 2 is 2.00 bits per heavy atom. The summed E-state index contributed by atoms with van der Waals surface area (Å²) in [5.74, 6) is 0.532. The van der Waals surface area contributed by atoms with Gasteiger partial charge in [0.15, 0.2) is 0 Å². The van der Waals surface area contributed by atoms with Crippen LogP contribution < -0.4 is 17.2 Å². The number of hydrogen-bond acceptors (Lipinski definition) is 5. The highest BCUT2D eigenvalue weighted by molar-refractivity contribution is 5.85. The van der Waals surface area contributed by atoms with Gasteiger partial charge in [-0.2, -0.15) is 4.98 Å². The zero-order valence-corrected chi connectivity index (χ0v) is 6.64. The van der Waals surface area contributed by atoms with Crippen LogP contribution in [0.25, 0.3) is 0 Å². The van der Waals surface area contributed by atoms with Gasteiger partial charge in [0, 0.05) is 18.3 Å². The molecule has 0 saturated carbocycles. The third kappa shape index (κ3) is 2.21. The molecule has 62 valence electrons. The highest BCUT2D eigenvalue weighted by Gasteiger charge is 1.97. The number of nitrogens with two attached hydrogens (primary N) is 3. The average Bonchev–Trinajstić information content (AvgIpc) is 1.88. The Morgan fingerprint density at radius 3 is 2.45 bits per heavy atom. The van der Waals surface area contributed by atoms with Crippen molar-refractivity contribution in [3.63, 3.8) is 0 Å². The molecule has 1 aromatic rings. The third-order valence-electron chi connectivity index (χ3n) is 1.14. The quantitative estimate of drug-likeness (QED) is 0.535. The highest BCUT2D eigenvalue weighted by atomic mass is 35.5. The lowest BCUT2D eigenvalue weighted by atomic mass is 10.3. The number of halogens is 1. The molecule has 0 saturated heterocycles. The van der Waals surface area contributed by atoms with Crippen molar-refractivity contribution in [1.29, 1.82) is 0 Å². The molecule has 0 aromatic carbocycles. The van der Waals surface area contributed by atoms with Gasteiger partial charge in [-0.05, 0) is 0 Å². The summed E-state index contributed by atoms with van der Waals surface area (Å²) in [6, 6.07) is 0. The molecule has 0 aliphatic rings. The molecular formula is C5H10ClN5. The molecule has 0 spiro atoms. The zero-order valence-electron chi connectivity index (χ0n) is 5.82. The Bertz CT molecular complexity index is 238. The fourth-order valence-corrected chi connectivity index (χ4v) is 0.592. The normalized spacial score (nSPS) is 8.82. The van der Waals surface area contributed by atoms with E-state index < -0.39 is 0 Å². The Morgan fingerprint density at radius 1 is 1.36 bits per heavy atom. The summed E-state index contributed by atoms with van der Waals surface area (Å²) < 4.78 is 0. The molecule has 0 unspecified atom stereocenters. The summed E-state index contributed by atoms with van der Waals surface area (Å²) >= 11 is 0. The summed E-state index contributed by atoms with van der Waals surface area (Å²) in [4.78, 5) is 7.43. The zero-order chi connectivity index (χ0) is 7.56. The van der Waals surface area contributed by atoms with Gasteiger partial charge >= 0.3 is 0 Å². The second-order valence-electron chi connectivity index (χ2n) is 1.84. The summed E-state index contributed by atoms with van der Waals surface area (Å²) in [5.41, 5.74) is 16.7. The number of rotatable bonds is 1. The number of anilines is 2. The first-order valence-corrected chi connectivity index (χ1v) is 2.81. The molecule has 11 heavy (non-hydrogen) atoms. The minimum absolute atomic E-state index is 0. The topological polar surface area (TPSA) is 104 Å². The van der Waals surface area contributed by atoms with Gasteiger partial charge in [0.2, 0.25) is 5.95 Å². The minimum Gasteiger partial charge on any atom is -0.383 e. The van der Waals surface area contributed by atoms with Crippen LogP contribution in [0.3, 0.4) is 0 Å². The van der Waals surface area contributed by atoms with Gasteiger partial charge in [0.1, 0.15) is 5.82 Å². The molecule has 0 radical (unpaired) electrons. The Balaban J connectivity index is 0.000001000. The maximum Gasteiger partial charge on any atom is 0.221 e. The predicted octanol–water partition coefficient (Wildman–Crippen LogP) is -0.479. The van der Waals surface area contributed by atoms with E-state index in [-0.39, 0.29) is 18.4 Å². The van der Waals surface area contributed by atoms with Gasteiger partial charge < -0.3 is 17.2 Å². The van der Waals surface area contributed by atoms with Crippen LogP contribution >= 0.6 is 12.4 Å². The summed E-state index contributed by atoms with van der Waals surface area (Å²) in [6.45, 7) is 0.339. The van der Waals surface area contributed by atoms with Crippen LogP contribution in [-0.4, -0.2) is 9.97 Å². The van der Waals surface area contributed by atoms with Gasteiger partial charge in [0.25, 0.3) is 0 Å². The van der Waals surface area contributed by atoms with Crippen molar-refractivity contribution in [3.8, 4) is 0 Å². The monoisotopic (exact) mass is 175 g/mol. The number of nitrogens with zero attached hydrogens (tertiary/aromatic N) is 2. The van der Waals surface area contributed by atoms with Crippen LogP contribution in [0.4, 0.5) is 11.8 Å². The van der Waals surface area contributed by atoms with Crippen LogP contribution in [-0.2, 0) is 6.54 Å². The van der Waals surface area contributed by atoms with Gasteiger partial charge in [0.05, 0.1) is 0 Å². The molecule has 0 aliphatic carbocycles. The maximum absolute atomic E-state index is 5.42. The van der Waals surface area contributed by atoms with Crippen LogP contribution in [0, 0.1) is 0 Å². The molecule has 0 atom stereocenters. The Kier molecular flexibility index (Phi) is 3.56. The van der Waals surface area contributed by atoms with E-state index in [1.807, 2.05) is 0 Å². The minimum atomic E-state index is 0. The van der Waals surface area contributed by atoms with E-state index in [0.717, 1.165) is 0 Å². The molecule has 1 heterocycles. The van der Waals surface area contributed by atoms with E-state index in [1.54, 1.807) is 0 Å². The Hall–Kier alpha value is -1.07. The van der Waals surface area contributed by atoms with Crippen molar-refractivity contribution in [3.05, 3.63) is 11.8 Å². The molecule has 6 N–H and O–H groups in total.